The van der Waals surface area contributed by atoms with E-state index in [9.17, 15) is 4.79 Å². The number of aromatic nitrogens is 1. The average Bonchev–Trinajstić information content (AvgIpc) is 2.83. The molecule has 0 saturated heterocycles. The standard InChI is InChI=1S/C12H20N2O5/c1-9(8-18-3)14(4-5-17-2)7-10-6-11(12(15)16)13-19-10/h6,9H,4-5,7-8H2,1-3H3,(H,15,16). The van der Waals surface area contributed by atoms with Crippen LogP contribution in [-0.2, 0) is 16.0 Å². The minimum absolute atomic E-state index is 0.0823. The largest absolute Gasteiger partial charge is 0.476 e. The molecule has 1 N–H and O–H groups in total. The predicted octanol–water partition coefficient (Wildman–Crippen LogP) is 0.856. The van der Waals surface area contributed by atoms with Gasteiger partial charge in [0.15, 0.2) is 11.5 Å². The minimum atomic E-state index is -1.09. The predicted molar refractivity (Wildman–Crippen MR) is 67.1 cm³/mol. The number of aromatic carboxylic acids is 1. The molecule has 1 unspecified atom stereocenters. The van der Waals surface area contributed by atoms with E-state index in [1.54, 1.807) is 14.2 Å². The molecule has 0 fully saturated rings. The van der Waals surface area contributed by atoms with E-state index >= 15 is 0 Å². The number of carboxylic acids is 1. The zero-order valence-corrected chi connectivity index (χ0v) is 11.5. The van der Waals surface area contributed by atoms with E-state index in [0.29, 0.717) is 32.1 Å². The summed E-state index contributed by atoms with van der Waals surface area (Å²) in [6.45, 7) is 4.34. The number of nitrogens with zero attached hydrogens (tertiary/aromatic N) is 2. The first-order valence-corrected chi connectivity index (χ1v) is 5.99. The molecule has 0 aliphatic carbocycles. The number of methoxy groups -OCH3 is 2. The monoisotopic (exact) mass is 272 g/mol. The van der Waals surface area contributed by atoms with E-state index in [-0.39, 0.29) is 11.7 Å². The van der Waals surface area contributed by atoms with Gasteiger partial charge in [0.2, 0.25) is 0 Å². The lowest BCUT2D eigenvalue weighted by molar-refractivity contribution is 0.0648. The van der Waals surface area contributed by atoms with Gasteiger partial charge in [0.25, 0.3) is 0 Å². The summed E-state index contributed by atoms with van der Waals surface area (Å²) in [6, 6.07) is 1.60. The van der Waals surface area contributed by atoms with Gasteiger partial charge in [0, 0.05) is 32.9 Å². The fraction of sp³-hybridized carbons (Fsp3) is 0.667. The molecule has 1 aromatic rings. The number of carbonyl (C=O) groups is 1. The van der Waals surface area contributed by atoms with Crippen molar-refractivity contribution in [2.75, 3.05) is 34.0 Å². The number of hydrogen-bond donors (Lipinski definition) is 1. The van der Waals surface area contributed by atoms with Crippen molar-refractivity contribution in [1.29, 1.82) is 0 Å². The van der Waals surface area contributed by atoms with Gasteiger partial charge in [0.05, 0.1) is 19.8 Å². The van der Waals surface area contributed by atoms with Crippen molar-refractivity contribution >= 4 is 5.97 Å². The normalized spacial score (nSPS) is 12.8. The van der Waals surface area contributed by atoms with Crippen LogP contribution in [0.15, 0.2) is 10.6 Å². The molecule has 1 rings (SSSR count). The van der Waals surface area contributed by atoms with Crippen LogP contribution in [0.5, 0.6) is 0 Å². The van der Waals surface area contributed by atoms with Gasteiger partial charge in [-0.1, -0.05) is 5.16 Å². The fourth-order valence-corrected chi connectivity index (χ4v) is 1.70. The second kappa shape index (κ2) is 7.88. The van der Waals surface area contributed by atoms with Crippen LogP contribution in [0.2, 0.25) is 0 Å². The van der Waals surface area contributed by atoms with Crippen LogP contribution in [0.3, 0.4) is 0 Å². The molecule has 0 aliphatic rings. The highest BCUT2D eigenvalue weighted by atomic mass is 16.5. The second-order valence-electron chi connectivity index (χ2n) is 4.25. The summed E-state index contributed by atoms with van der Waals surface area (Å²) in [5, 5.41) is 12.3. The molecule has 108 valence electrons. The molecule has 7 nitrogen and oxygen atoms in total. The van der Waals surface area contributed by atoms with Crippen molar-refractivity contribution < 1.29 is 23.9 Å². The van der Waals surface area contributed by atoms with E-state index in [1.807, 2.05) is 6.92 Å². The van der Waals surface area contributed by atoms with Crippen molar-refractivity contribution in [2.45, 2.75) is 19.5 Å². The number of rotatable bonds is 9. The molecular formula is C12H20N2O5. The molecule has 1 heterocycles. The topological polar surface area (TPSA) is 85.0 Å². The summed E-state index contributed by atoms with van der Waals surface area (Å²) in [4.78, 5) is 12.8. The van der Waals surface area contributed by atoms with Gasteiger partial charge < -0.3 is 19.1 Å². The Balaban J connectivity index is 2.66. The third-order valence-electron chi connectivity index (χ3n) is 2.75. The van der Waals surface area contributed by atoms with Gasteiger partial charge in [-0.2, -0.15) is 0 Å². The van der Waals surface area contributed by atoms with Gasteiger partial charge in [0.1, 0.15) is 0 Å². The van der Waals surface area contributed by atoms with Crippen LogP contribution in [0.4, 0.5) is 0 Å². The number of carboxylic acid groups (broad SMARTS) is 1. The lowest BCUT2D eigenvalue weighted by Crippen LogP contribution is -2.37. The van der Waals surface area contributed by atoms with Crippen LogP contribution in [0, 0.1) is 0 Å². The van der Waals surface area contributed by atoms with Crippen LogP contribution >= 0.6 is 0 Å². The lowest BCUT2D eigenvalue weighted by atomic mass is 10.2. The molecule has 19 heavy (non-hydrogen) atoms. The Morgan fingerprint density at radius 3 is 2.79 bits per heavy atom. The van der Waals surface area contributed by atoms with Crippen molar-refractivity contribution in [3.05, 3.63) is 17.5 Å². The maximum Gasteiger partial charge on any atom is 0.358 e. The van der Waals surface area contributed by atoms with Crippen LogP contribution in [0.25, 0.3) is 0 Å². The Morgan fingerprint density at radius 1 is 1.53 bits per heavy atom. The molecule has 0 aromatic carbocycles. The van der Waals surface area contributed by atoms with Crippen molar-refractivity contribution in [2.24, 2.45) is 0 Å². The highest BCUT2D eigenvalue weighted by Crippen LogP contribution is 2.10. The summed E-state index contributed by atoms with van der Waals surface area (Å²) in [6.07, 6.45) is 0. The second-order valence-corrected chi connectivity index (χ2v) is 4.25. The molecule has 1 atom stereocenters. The summed E-state index contributed by atoms with van der Waals surface area (Å²) in [5.41, 5.74) is -0.0823. The first kappa shape index (κ1) is 15.6. The smallest absolute Gasteiger partial charge is 0.358 e. The lowest BCUT2D eigenvalue weighted by Gasteiger charge is -2.27. The van der Waals surface area contributed by atoms with E-state index in [1.165, 1.54) is 6.07 Å². The average molecular weight is 272 g/mol. The van der Waals surface area contributed by atoms with Crippen molar-refractivity contribution in [3.63, 3.8) is 0 Å². The third kappa shape index (κ3) is 4.98. The molecule has 0 spiro atoms. The van der Waals surface area contributed by atoms with E-state index < -0.39 is 5.97 Å². The first-order chi connectivity index (χ1) is 9.08. The van der Waals surface area contributed by atoms with Crippen LogP contribution in [-0.4, -0.2) is 61.2 Å². The first-order valence-electron chi connectivity index (χ1n) is 5.99. The molecule has 0 amide bonds. The Labute approximate surface area is 112 Å². The maximum atomic E-state index is 10.7. The Hall–Kier alpha value is -1.44. The summed E-state index contributed by atoms with van der Waals surface area (Å²) < 4.78 is 15.2. The van der Waals surface area contributed by atoms with E-state index in [2.05, 4.69) is 10.1 Å². The van der Waals surface area contributed by atoms with E-state index in [4.69, 9.17) is 19.1 Å². The fourth-order valence-electron chi connectivity index (χ4n) is 1.70. The van der Waals surface area contributed by atoms with Crippen molar-refractivity contribution in [1.82, 2.24) is 10.1 Å². The quantitative estimate of drug-likeness (QED) is 0.713. The SMILES string of the molecule is COCCN(Cc1cc(C(=O)O)no1)C(C)COC. The summed E-state index contributed by atoms with van der Waals surface area (Å²) in [7, 11) is 3.28. The molecule has 7 heteroatoms. The number of ether oxygens (including phenoxy) is 2. The van der Waals surface area contributed by atoms with Crippen LogP contribution in [0.1, 0.15) is 23.2 Å². The Bertz CT molecular complexity index is 393. The third-order valence-corrected chi connectivity index (χ3v) is 2.75. The zero-order chi connectivity index (χ0) is 14.3. The van der Waals surface area contributed by atoms with Gasteiger partial charge in [-0.15, -0.1) is 0 Å². The molecule has 1 aromatic heterocycles. The molecule has 0 radical (unpaired) electrons. The molecular weight excluding hydrogens is 252 g/mol. The highest BCUT2D eigenvalue weighted by molar-refractivity contribution is 5.85. The summed E-state index contributed by atoms with van der Waals surface area (Å²) >= 11 is 0. The van der Waals surface area contributed by atoms with Crippen molar-refractivity contribution in [3.8, 4) is 0 Å². The van der Waals surface area contributed by atoms with Gasteiger partial charge in [-0.3, -0.25) is 4.90 Å². The molecule has 0 aliphatic heterocycles. The maximum absolute atomic E-state index is 10.7. The van der Waals surface area contributed by atoms with Gasteiger partial charge >= 0.3 is 5.97 Å². The molecule has 0 bridgehead atoms. The van der Waals surface area contributed by atoms with Crippen LogP contribution < -0.4 is 0 Å². The van der Waals surface area contributed by atoms with Gasteiger partial charge in [-0.25, -0.2) is 4.79 Å². The minimum Gasteiger partial charge on any atom is -0.476 e. The Morgan fingerprint density at radius 2 is 2.26 bits per heavy atom. The summed E-state index contributed by atoms with van der Waals surface area (Å²) in [5.74, 6) is -0.583. The number of hydrogen-bond acceptors (Lipinski definition) is 6. The van der Waals surface area contributed by atoms with E-state index in [0.717, 1.165) is 0 Å². The van der Waals surface area contributed by atoms with Gasteiger partial charge in [-0.05, 0) is 6.92 Å². The highest BCUT2D eigenvalue weighted by Gasteiger charge is 2.18. The zero-order valence-electron chi connectivity index (χ0n) is 11.5. The molecule has 0 saturated carbocycles. The Kier molecular flexibility index (Phi) is 6.48.